The van der Waals surface area contributed by atoms with Crippen molar-refractivity contribution in [1.29, 1.82) is 0 Å². The molecule has 25 heavy (non-hydrogen) atoms. The number of benzene rings is 2. The predicted molar refractivity (Wildman–Crippen MR) is 95.9 cm³/mol. The van der Waals surface area contributed by atoms with Crippen molar-refractivity contribution in [3.05, 3.63) is 54.1 Å². The molecular weight excluding hydrogens is 322 g/mol. The molecular formula is C18H19N3O4. The van der Waals surface area contributed by atoms with Crippen molar-refractivity contribution in [2.45, 2.75) is 6.92 Å². The van der Waals surface area contributed by atoms with Gasteiger partial charge in [0.15, 0.2) is 6.61 Å². The van der Waals surface area contributed by atoms with Crippen LogP contribution in [0.1, 0.15) is 12.5 Å². The fourth-order valence-electron chi connectivity index (χ4n) is 1.98. The van der Waals surface area contributed by atoms with Crippen LogP contribution in [0.5, 0.6) is 5.75 Å². The van der Waals surface area contributed by atoms with Gasteiger partial charge >= 0.3 is 0 Å². The highest BCUT2D eigenvalue weighted by molar-refractivity contribution is 5.93. The van der Waals surface area contributed by atoms with Gasteiger partial charge in [-0.05, 0) is 29.8 Å². The van der Waals surface area contributed by atoms with Crippen LogP contribution < -0.4 is 15.4 Å². The van der Waals surface area contributed by atoms with E-state index >= 15 is 0 Å². The molecule has 0 spiro atoms. The lowest BCUT2D eigenvalue weighted by Gasteiger charge is -2.08. The Kier molecular flexibility index (Phi) is 6.53. The highest BCUT2D eigenvalue weighted by Crippen LogP contribution is 2.22. The number of anilines is 2. The van der Waals surface area contributed by atoms with Crippen LogP contribution in [0.3, 0.4) is 0 Å². The normalized spacial score (nSPS) is 10.3. The predicted octanol–water partition coefficient (Wildman–Crippen LogP) is 2.64. The first-order valence-corrected chi connectivity index (χ1v) is 7.54. The van der Waals surface area contributed by atoms with E-state index in [-0.39, 0.29) is 18.4 Å². The molecule has 0 aliphatic rings. The van der Waals surface area contributed by atoms with Gasteiger partial charge in [0, 0.05) is 12.6 Å². The summed E-state index contributed by atoms with van der Waals surface area (Å²) in [5.74, 6) is 0.0899. The molecule has 0 aliphatic heterocycles. The van der Waals surface area contributed by atoms with Crippen molar-refractivity contribution in [3.8, 4) is 5.75 Å². The topological polar surface area (TPSA) is 89.0 Å². The molecule has 0 fully saturated rings. The molecule has 0 saturated carbocycles. The van der Waals surface area contributed by atoms with Crippen LogP contribution in [0.2, 0.25) is 0 Å². The Morgan fingerprint density at radius 1 is 1.08 bits per heavy atom. The van der Waals surface area contributed by atoms with Crippen LogP contribution in [-0.2, 0) is 14.4 Å². The van der Waals surface area contributed by atoms with Crippen molar-refractivity contribution in [1.82, 2.24) is 0 Å². The third-order valence-electron chi connectivity index (χ3n) is 3.08. The summed E-state index contributed by atoms with van der Waals surface area (Å²) in [6.07, 6.45) is 1.48. The number of carbonyl (C=O) groups is 2. The van der Waals surface area contributed by atoms with Crippen molar-refractivity contribution in [2.24, 2.45) is 5.16 Å². The van der Waals surface area contributed by atoms with Gasteiger partial charge in [-0.25, -0.2) is 0 Å². The first-order valence-electron chi connectivity index (χ1n) is 7.54. The fraction of sp³-hybridized carbons (Fsp3) is 0.167. The molecule has 0 unspecified atom stereocenters. The van der Waals surface area contributed by atoms with Gasteiger partial charge in [0.1, 0.15) is 5.75 Å². The Labute approximate surface area is 145 Å². The first kappa shape index (κ1) is 18.0. The number of carbonyl (C=O) groups excluding carboxylic acids is 2. The number of rotatable bonds is 7. The van der Waals surface area contributed by atoms with Crippen LogP contribution in [0.4, 0.5) is 11.4 Å². The molecule has 0 aliphatic carbocycles. The summed E-state index contributed by atoms with van der Waals surface area (Å²) in [4.78, 5) is 27.8. The second-order valence-electron chi connectivity index (χ2n) is 5.06. The smallest absolute Gasteiger partial charge is 0.265 e. The summed E-state index contributed by atoms with van der Waals surface area (Å²) in [6.45, 7) is 1.22. The molecule has 0 saturated heterocycles. The number of hydrogen-bond donors (Lipinski definition) is 2. The number of ether oxygens (including phenoxy) is 1. The highest BCUT2D eigenvalue weighted by atomic mass is 16.6. The largest absolute Gasteiger partial charge is 0.495 e. The Morgan fingerprint density at radius 3 is 2.48 bits per heavy atom. The van der Waals surface area contributed by atoms with E-state index in [0.717, 1.165) is 5.56 Å². The standard InChI is InChI=1S/C18H19N3O4/c1-13(22)20-15-9-7-14(8-10-15)11-19-25-12-18(23)21-16-5-3-4-6-17(16)24-2/h3-11H,12H2,1-2H3,(H,20,22)(H,21,23)/b19-11+. The Bertz CT molecular complexity index is 757. The van der Waals surface area contributed by atoms with Gasteiger partial charge in [-0.3, -0.25) is 9.59 Å². The van der Waals surface area contributed by atoms with Crippen LogP contribution >= 0.6 is 0 Å². The molecule has 2 N–H and O–H groups in total. The van der Waals surface area contributed by atoms with Gasteiger partial charge in [0.25, 0.3) is 5.91 Å². The van der Waals surface area contributed by atoms with Gasteiger partial charge in [0.2, 0.25) is 5.91 Å². The molecule has 0 bridgehead atoms. The Morgan fingerprint density at radius 2 is 1.80 bits per heavy atom. The minimum Gasteiger partial charge on any atom is -0.495 e. The second kappa shape index (κ2) is 9.07. The zero-order chi connectivity index (χ0) is 18.1. The summed E-state index contributed by atoms with van der Waals surface area (Å²) < 4.78 is 5.15. The molecule has 0 heterocycles. The number of nitrogens with zero attached hydrogens (tertiary/aromatic N) is 1. The zero-order valence-electron chi connectivity index (χ0n) is 14.0. The highest BCUT2D eigenvalue weighted by Gasteiger charge is 2.06. The van der Waals surface area contributed by atoms with E-state index in [1.54, 1.807) is 42.5 Å². The van der Waals surface area contributed by atoms with E-state index in [1.165, 1.54) is 20.2 Å². The third-order valence-corrected chi connectivity index (χ3v) is 3.08. The quantitative estimate of drug-likeness (QED) is 0.598. The van der Waals surface area contributed by atoms with E-state index in [2.05, 4.69) is 15.8 Å². The summed E-state index contributed by atoms with van der Waals surface area (Å²) in [7, 11) is 1.53. The maximum Gasteiger partial charge on any atom is 0.265 e. The monoisotopic (exact) mass is 341 g/mol. The minimum atomic E-state index is -0.345. The van der Waals surface area contributed by atoms with E-state index in [1.807, 2.05) is 6.07 Å². The number of amides is 2. The van der Waals surface area contributed by atoms with E-state index in [9.17, 15) is 9.59 Å². The lowest BCUT2D eigenvalue weighted by atomic mass is 10.2. The lowest BCUT2D eigenvalue weighted by Crippen LogP contribution is -2.17. The van der Waals surface area contributed by atoms with E-state index in [0.29, 0.717) is 17.1 Å². The molecule has 0 aromatic heterocycles. The minimum absolute atomic E-state index is 0.134. The van der Waals surface area contributed by atoms with Crippen LogP contribution in [0, 0.1) is 0 Å². The van der Waals surface area contributed by atoms with E-state index in [4.69, 9.17) is 9.57 Å². The van der Waals surface area contributed by atoms with Crippen LogP contribution in [0.25, 0.3) is 0 Å². The molecule has 2 aromatic carbocycles. The maximum absolute atomic E-state index is 11.8. The SMILES string of the molecule is COc1ccccc1NC(=O)CO/N=C/c1ccc(NC(C)=O)cc1. The number of methoxy groups -OCH3 is 1. The summed E-state index contributed by atoms with van der Waals surface area (Å²) >= 11 is 0. The van der Waals surface area contributed by atoms with Gasteiger partial charge in [-0.1, -0.05) is 29.4 Å². The summed E-state index contributed by atoms with van der Waals surface area (Å²) in [5, 5.41) is 9.10. The van der Waals surface area contributed by atoms with Crippen LogP contribution in [0.15, 0.2) is 53.7 Å². The third kappa shape index (κ3) is 5.98. The molecule has 0 atom stereocenters. The molecule has 2 amide bonds. The molecule has 2 aromatic rings. The van der Waals surface area contributed by atoms with Crippen LogP contribution in [-0.4, -0.2) is 31.7 Å². The number of para-hydroxylation sites is 2. The van der Waals surface area contributed by atoms with Crippen molar-refractivity contribution < 1.29 is 19.2 Å². The number of nitrogens with one attached hydrogen (secondary N) is 2. The molecule has 2 rings (SSSR count). The van der Waals surface area contributed by atoms with Crippen molar-refractivity contribution >= 4 is 29.4 Å². The molecule has 7 heteroatoms. The zero-order valence-corrected chi connectivity index (χ0v) is 14.0. The van der Waals surface area contributed by atoms with Gasteiger partial charge < -0.3 is 20.2 Å². The Hall–Kier alpha value is -3.35. The number of hydrogen-bond acceptors (Lipinski definition) is 5. The van der Waals surface area contributed by atoms with E-state index < -0.39 is 0 Å². The fourth-order valence-corrected chi connectivity index (χ4v) is 1.98. The van der Waals surface area contributed by atoms with Gasteiger partial charge in [-0.2, -0.15) is 0 Å². The van der Waals surface area contributed by atoms with Gasteiger partial charge in [0.05, 0.1) is 19.0 Å². The Balaban J connectivity index is 1.80. The second-order valence-corrected chi connectivity index (χ2v) is 5.06. The van der Waals surface area contributed by atoms with Crippen molar-refractivity contribution in [2.75, 3.05) is 24.4 Å². The molecule has 130 valence electrons. The number of oxime groups is 1. The lowest BCUT2D eigenvalue weighted by molar-refractivity contribution is -0.120. The first-order chi connectivity index (χ1) is 12.1. The molecule has 0 radical (unpaired) electrons. The maximum atomic E-state index is 11.8. The average Bonchev–Trinajstić information content (AvgIpc) is 2.60. The van der Waals surface area contributed by atoms with Gasteiger partial charge in [-0.15, -0.1) is 0 Å². The summed E-state index contributed by atoms with van der Waals surface area (Å²) in [6, 6.07) is 14.1. The average molecular weight is 341 g/mol. The molecule has 7 nitrogen and oxygen atoms in total. The van der Waals surface area contributed by atoms with Crippen molar-refractivity contribution in [3.63, 3.8) is 0 Å². The summed E-state index contributed by atoms with van der Waals surface area (Å²) in [5.41, 5.74) is 2.04.